The molecule has 3 heterocycles. The molecule has 1 fully saturated rings. The fraction of sp³-hybridized carbons (Fsp3) is 0.368. The molecule has 1 aliphatic heterocycles. The molecule has 28 heavy (non-hydrogen) atoms. The van der Waals surface area contributed by atoms with Crippen LogP contribution in [0.15, 0.2) is 24.3 Å². The second-order valence-electron chi connectivity index (χ2n) is 7.31. The second kappa shape index (κ2) is 7.22. The predicted octanol–water partition coefficient (Wildman–Crippen LogP) is 2.97. The number of nitrogens with one attached hydrogen (secondary N) is 1. The van der Waals surface area contributed by atoms with Crippen LogP contribution in [-0.2, 0) is 9.31 Å². The molecule has 9 heteroatoms. The van der Waals surface area contributed by atoms with Crippen molar-refractivity contribution >= 4 is 30.4 Å². The molecule has 1 N–H and O–H groups in total. The van der Waals surface area contributed by atoms with Gasteiger partial charge in [-0.25, -0.2) is 14.8 Å². The lowest BCUT2D eigenvalue weighted by molar-refractivity contribution is 0.00578. The van der Waals surface area contributed by atoms with Crippen molar-refractivity contribution in [3.8, 4) is 11.8 Å². The van der Waals surface area contributed by atoms with Gasteiger partial charge in [-0.3, -0.25) is 4.79 Å². The van der Waals surface area contributed by atoms with Crippen molar-refractivity contribution in [1.82, 2.24) is 9.97 Å². The normalized spacial score (nSPS) is 17.1. The number of pyridine rings is 2. The second-order valence-corrected chi connectivity index (χ2v) is 7.31. The molecule has 8 nitrogen and oxygen atoms in total. The van der Waals surface area contributed by atoms with Crippen LogP contribution in [0.4, 0.5) is 11.5 Å². The lowest BCUT2D eigenvalue weighted by atomic mass is 9.78. The van der Waals surface area contributed by atoms with Gasteiger partial charge in [-0.05, 0) is 39.8 Å². The van der Waals surface area contributed by atoms with Gasteiger partial charge >= 0.3 is 7.12 Å². The number of hydrogen-bond donors (Lipinski definition) is 1. The van der Waals surface area contributed by atoms with Gasteiger partial charge in [0.15, 0.2) is 6.29 Å². The Balaban J connectivity index is 1.87. The van der Waals surface area contributed by atoms with E-state index in [9.17, 15) is 4.79 Å². The summed E-state index contributed by atoms with van der Waals surface area (Å²) in [5.74, 6) is 0.855. The van der Waals surface area contributed by atoms with E-state index in [0.29, 0.717) is 23.3 Å². The number of rotatable bonds is 5. The summed E-state index contributed by atoms with van der Waals surface area (Å²) in [7, 11) is 0.974. The van der Waals surface area contributed by atoms with E-state index < -0.39 is 18.3 Å². The molecule has 0 spiro atoms. The van der Waals surface area contributed by atoms with Crippen molar-refractivity contribution in [2.24, 2.45) is 0 Å². The van der Waals surface area contributed by atoms with Crippen molar-refractivity contribution in [3.63, 3.8) is 0 Å². The molecular formula is C19H21BN4O4. The molecule has 0 aromatic carbocycles. The fourth-order valence-corrected chi connectivity index (χ4v) is 2.66. The maximum absolute atomic E-state index is 11.6. The number of carbonyl (C=O) groups excluding carboxylic acids is 1. The van der Waals surface area contributed by atoms with Crippen LogP contribution < -0.4 is 15.5 Å². The third-order valence-corrected chi connectivity index (χ3v) is 4.97. The van der Waals surface area contributed by atoms with Gasteiger partial charge in [-0.1, -0.05) is 6.07 Å². The highest BCUT2D eigenvalue weighted by Crippen LogP contribution is 2.36. The Hall–Kier alpha value is -2.96. The van der Waals surface area contributed by atoms with Crippen LogP contribution >= 0.6 is 0 Å². The molecule has 2 aromatic heterocycles. The Morgan fingerprint density at radius 2 is 1.71 bits per heavy atom. The molecule has 3 rings (SSSR count). The number of aromatic nitrogens is 2. The summed E-state index contributed by atoms with van der Waals surface area (Å²) >= 11 is 0. The fourth-order valence-electron chi connectivity index (χ4n) is 2.66. The van der Waals surface area contributed by atoms with E-state index in [1.54, 1.807) is 31.3 Å². The number of hydrogen-bond acceptors (Lipinski definition) is 7. The molecule has 2 aromatic rings. The Labute approximate surface area is 164 Å². The van der Waals surface area contributed by atoms with Gasteiger partial charge in [-0.15, -0.1) is 0 Å². The van der Waals surface area contributed by atoms with Gasteiger partial charge in [0.25, 0.3) is 0 Å². The van der Waals surface area contributed by atoms with Gasteiger partial charge in [0, 0.05) is 18.6 Å². The average Bonchev–Trinajstić information content (AvgIpc) is 2.88. The number of nitrogens with zero attached hydrogens (tertiary/aromatic N) is 3. The Morgan fingerprint density at radius 3 is 2.29 bits per heavy atom. The van der Waals surface area contributed by atoms with Crippen LogP contribution in [0.25, 0.3) is 4.85 Å². The summed E-state index contributed by atoms with van der Waals surface area (Å²) in [6, 6.07) is 6.48. The third kappa shape index (κ3) is 3.57. The monoisotopic (exact) mass is 380 g/mol. The number of ether oxygens (including phenoxy) is 1. The zero-order chi connectivity index (χ0) is 20.5. The van der Waals surface area contributed by atoms with E-state index in [1.165, 1.54) is 0 Å². The van der Waals surface area contributed by atoms with Gasteiger partial charge in [-0.2, -0.15) is 0 Å². The quantitative estimate of drug-likeness (QED) is 0.485. The molecule has 0 atom stereocenters. The molecule has 0 aliphatic carbocycles. The summed E-state index contributed by atoms with van der Waals surface area (Å²) in [4.78, 5) is 23.5. The van der Waals surface area contributed by atoms with Crippen molar-refractivity contribution in [2.45, 2.75) is 38.9 Å². The molecule has 0 radical (unpaired) electrons. The molecule has 0 saturated carbocycles. The van der Waals surface area contributed by atoms with Crippen molar-refractivity contribution in [2.75, 3.05) is 12.4 Å². The third-order valence-electron chi connectivity index (χ3n) is 4.97. The number of carbonyl (C=O) groups is 1. The Morgan fingerprint density at radius 1 is 1.11 bits per heavy atom. The maximum atomic E-state index is 11.6. The summed E-state index contributed by atoms with van der Waals surface area (Å²) < 4.78 is 17.6. The zero-order valence-corrected chi connectivity index (χ0v) is 16.4. The van der Waals surface area contributed by atoms with Gasteiger partial charge in [0.1, 0.15) is 11.5 Å². The predicted molar refractivity (Wildman–Crippen MR) is 105 cm³/mol. The minimum atomic E-state index is -0.696. The van der Waals surface area contributed by atoms with Crippen molar-refractivity contribution in [3.05, 3.63) is 41.4 Å². The first-order valence-corrected chi connectivity index (χ1v) is 8.76. The first-order chi connectivity index (χ1) is 13.2. The highest BCUT2D eigenvalue weighted by molar-refractivity contribution is 6.63. The average molecular weight is 380 g/mol. The van der Waals surface area contributed by atoms with Crippen LogP contribution in [0.5, 0.6) is 11.8 Å². The van der Waals surface area contributed by atoms with Gasteiger partial charge < -0.3 is 19.4 Å². The van der Waals surface area contributed by atoms with E-state index in [2.05, 4.69) is 20.1 Å². The highest BCUT2D eigenvalue weighted by Gasteiger charge is 2.52. The van der Waals surface area contributed by atoms with Crippen LogP contribution in [0.3, 0.4) is 0 Å². The summed E-state index contributed by atoms with van der Waals surface area (Å²) in [6.45, 7) is 14.9. The zero-order valence-electron chi connectivity index (χ0n) is 16.4. The molecular weight excluding hydrogens is 359 g/mol. The van der Waals surface area contributed by atoms with E-state index in [1.807, 2.05) is 27.7 Å². The summed E-state index contributed by atoms with van der Waals surface area (Å²) in [5.41, 5.74) is 0.0410. The number of aldehydes is 1. The molecule has 0 bridgehead atoms. The van der Waals surface area contributed by atoms with Crippen LogP contribution in [0.1, 0.15) is 38.2 Å². The molecule has 1 aliphatic rings. The molecule has 0 unspecified atom stereocenters. The summed E-state index contributed by atoms with van der Waals surface area (Å²) in [5, 5.41) is 2.84. The first kappa shape index (κ1) is 19.8. The van der Waals surface area contributed by atoms with E-state index in [-0.39, 0.29) is 17.5 Å². The van der Waals surface area contributed by atoms with Crippen LogP contribution in [0, 0.1) is 6.57 Å². The van der Waals surface area contributed by atoms with E-state index >= 15 is 0 Å². The molecule has 0 amide bonds. The van der Waals surface area contributed by atoms with E-state index in [4.69, 9.17) is 20.6 Å². The lowest BCUT2D eigenvalue weighted by Crippen LogP contribution is -2.41. The van der Waals surface area contributed by atoms with Crippen molar-refractivity contribution < 1.29 is 18.8 Å². The Bertz CT molecular complexity index is 939. The largest absolute Gasteiger partial charge is 0.497 e. The summed E-state index contributed by atoms with van der Waals surface area (Å²) in [6.07, 6.45) is 0.641. The van der Waals surface area contributed by atoms with Crippen molar-refractivity contribution in [1.29, 1.82) is 0 Å². The lowest BCUT2D eigenvalue weighted by Gasteiger charge is -2.32. The SMILES string of the molecule is [C-]#[N+]c1ccc(Oc2ccc(B3OC(C)(C)C(C)(C)O3)c(C=O)n2)nc1NC. The topological polar surface area (TPSA) is 86.9 Å². The van der Waals surface area contributed by atoms with Gasteiger partial charge in [0.05, 0.1) is 17.8 Å². The smallest absolute Gasteiger partial charge is 0.421 e. The number of anilines is 1. The molecule has 1 saturated heterocycles. The highest BCUT2D eigenvalue weighted by atomic mass is 16.7. The van der Waals surface area contributed by atoms with Crippen LogP contribution in [-0.4, -0.2) is 41.6 Å². The minimum absolute atomic E-state index is 0.169. The maximum Gasteiger partial charge on any atom is 0.497 e. The standard InChI is InChI=1S/C19H21BN4O4/c1-18(2)19(3,4)28-20(27-18)12-7-9-15(23-14(12)11-25)26-16-10-8-13(21-5)17(22-6)24-16/h7-11H,1-4,6H3,(H,22,24). The Kier molecular flexibility index (Phi) is 5.11. The molecule has 144 valence electrons. The van der Waals surface area contributed by atoms with Crippen LogP contribution in [0.2, 0.25) is 0 Å². The van der Waals surface area contributed by atoms with Gasteiger partial charge in [0.2, 0.25) is 17.4 Å². The minimum Gasteiger partial charge on any atom is -0.421 e. The van der Waals surface area contributed by atoms with E-state index in [0.717, 1.165) is 0 Å². The first-order valence-electron chi connectivity index (χ1n) is 8.76.